The number of aryl methyl sites for hydroxylation is 1. The number of anilines is 2. The molecule has 34 heavy (non-hydrogen) atoms. The number of thiophene rings is 1. The van der Waals surface area contributed by atoms with E-state index in [1.807, 2.05) is 0 Å². The molecule has 0 saturated carbocycles. The molecule has 2 heterocycles. The smallest absolute Gasteiger partial charge is 0.250 e. The van der Waals surface area contributed by atoms with E-state index in [9.17, 15) is 18.4 Å². The predicted octanol–water partition coefficient (Wildman–Crippen LogP) is 5.12. The molecular weight excluding hydrogens is 456 g/mol. The number of nitrogens with one attached hydrogen (secondary N) is 1. The molecule has 3 aromatic rings. The Hall–Kier alpha value is -3.39. The van der Waals surface area contributed by atoms with E-state index in [0.29, 0.717) is 16.4 Å². The van der Waals surface area contributed by atoms with Gasteiger partial charge in [0.05, 0.1) is 5.71 Å². The molecular formula is C26H23F2N3O2S. The van der Waals surface area contributed by atoms with Crippen LogP contribution in [-0.2, 0) is 22.4 Å². The van der Waals surface area contributed by atoms with Gasteiger partial charge in [0, 0.05) is 21.7 Å². The second-order valence-electron chi connectivity index (χ2n) is 8.50. The van der Waals surface area contributed by atoms with Gasteiger partial charge in [0.15, 0.2) is 0 Å². The number of fused-ring (bicyclic) bond motifs is 3. The minimum absolute atomic E-state index is 0.114. The Kier molecular flexibility index (Phi) is 6.00. The molecule has 0 radical (unpaired) electrons. The zero-order valence-electron chi connectivity index (χ0n) is 18.6. The Balaban J connectivity index is 1.56. The van der Waals surface area contributed by atoms with E-state index in [0.717, 1.165) is 36.8 Å². The zero-order valence-corrected chi connectivity index (χ0v) is 19.4. The lowest BCUT2D eigenvalue weighted by molar-refractivity contribution is -0.122. The quantitative estimate of drug-likeness (QED) is 0.565. The van der Waals surface area contributed by atoms with E-state index >= 15 is 0 Å². The number of hydrogen-bond donors (Lipinski definition) is 1. The average Bonchev–Trinajstić information content (AvgIpc) is 3.13. The van der Waals surface area contributed by atoms with Crippen molar-refractivity contribution in [1.82, 2.24) is 0 Å². The topological polar surface area (TPSA) is 61.8 Å². The second-order valence-corrected chi connectivity index (χ2v) is 9.58. The normalized spacial score (nSPS) is 16.3. The highest BCUT2D eigenvalue weighted by Crippen LogP contribution is 2.43. The van der Waals surface area contributed by atoms with Crippen molar-refractivity contribution in [3.05, 3.63) is 81.7 Å². The molecule has 1 aliphatic heterocycles. The van der Waals surface area contributed by atoms with Crippen molar-refractivity contribution in [3.8, 4) is 0 Å². The van der Waals surface area contributed by atoms with Gasteiger partial charge in [0.2, 0.25) is 11.8 Å². The van der Waals surface area contributed by atoms with Crippen LogP contribution in [0, 0.1) is 11.6 Å². The Morgan fingerprint density at radius 1 is 1.03 bits per heavy atom. The van der Waals surface area contributed by atoms with Gasteiger partial charge in [-0.3, -0.25) is 19.5 Å². The number of benzene rings is 2. The summed E-state index contributed by atoms with van der Waals surface area (Å²) in [7, 11) is 0. The van der Waals surface area contributed by atoms with Gasteiger partial charge in [-0.15, -0.1) is 11.3 Å². The summed E-state index contributed by atoms with van der Waals surface area (Å²) in [5, 5.41) is 3.48. The van der Waals surface area contributed by atoms with Gasteiger partial charge >= 0.3 is 0 Å². The maximum absolute atomic E-state index is 13.6. The molecule has 1 aromatic heterocycles. The van der Waals surface area contributed by atoms with Crippen molar-refractivity contribution in [2.75, 3.05) is 16.8 Å². The number of hydrogen-bond acceptors (Lipinski definition) is 4. The van der Waals surface area contributed by atoms with Crippen molar-refractivity contribution in [3.63, 3.8) is 0 Å². The van der Waals surface area contributed by atoms with Crippen molar-refractivity contribution in [2.24, 2.45) is 4.99 Å². The summed E-state index contributed by atoms with van der Waals surface area (Å²) in [5.74, 6) is -1.39. The molecule has 0 bridgehead atoms. The molecule has 174 valence electrons. The molecule has 5 rings (SSSR count). The molecule has 1 atom stereocenters. The number of amides is 2. The molecule has 0 saturated heterocycles. The summed E-state index contributed by atoms with van der Waals surface area (Å²) in [5.41, 5.74) is 3.90. The van der Waals surface area contributed by atoms with Gasteiger partial charge in [-0.05, 0) is 86.7 Å². The first-order valence-electron chi connectivity index (χ1n) is 11.3. The van der Waals surface area contributed by atoms with Crippen molar-refractivity contribution < 1.29 is 18.4 Å². The van der Waals surface area contributed by atoms with Crippen molar-refractivity contribution in [1.29, 1.82) is 0 Å². The molecule has 8 heteroatoms. The highest BCUT2D eigenvalue weighted by Gasteiger charge is 2.36. The minimum Gasteiger partial charge on any atom is -0.324 e. The standard InChI is InChI=1S/C26H23F2N3O2S/c1-15(25(33)30-19-12-10-18(28)11-13-19)31-22(32)14-29-24(16-6-8-17(27)9-7-16)23-20-4-2-3-5-21(20)34-26(23)31/h6-13,15H,2-5,14H2,1H3,(H,30,33). The van der Waals surface area contributed by atoms with Crippen LogP contribution < -0.4 is 10.2 Å². The third kappa shape index (κ3) is 4.14. The summed E-state index contributed by atoms with van der Waals surface area (Å²) in [6.07, 6.45) is 3.91. The lowest BCUT2D eigenvalue weighted by Gasteiger charge is -2.27. The molecule has 2 aromatic carbocycles. The fourth-order valence-electron chi connectivity index (χ4n) is 4.51. The summed E-state index contributed by atoms with van der Waals surface area (Å²) in [4.78, 5) is 33.8. The van der Waals surface area contributed by atoms with Gasteiger partial charge in [0.1, 0.15) is 29.2 Å². The predicted molar refractivity (Wildman–Crippen MR) is 130 cm³/mol. The van der Waals surface area contributed by atoms with Crippen LogP contribution in [0.1, 0.15) is 41.3 Å². The number of rotatable bonds is 4. The number of carbonyl (C=O) groups is 2. The summed E-state index contributed by atoms with van der Waals surface area (Å²) >= 11 is 1.54. The van der Waals surface area contributed by atoms with Crippen LogP contribution >= 0.6 is 11.3 Å². The summed E-state index contributed by atoms with van der Waals surface area (Å²) in [6.45, 7) is 1.57. The Labute approximate surface area is 200 Å². The summed E-state index contributed by atoms with van der Waals surface area (Å²) < 4.78 is 26.8. The van der Waals surface area contributed by atoms with E-state index in [-0.39, 0.29) is 24.2 Å². The molecule has 1 N–H and O–H groups in total. The maximum atomic E-state index is 13.6. The molecule has 5 nitrogen and oxygen atoms in total. The molecule has 2 aliphatic rings. The largest absolute Gasteiger partial charge is 0.324 e. The number of carbonyl (C=O) groups excluding carboxylic acids is 2. The maximum Gasteiger partial charge on any atom is 0.250 e. The average molecular weight is 480 g/mol. The van der Waals surface area contributed by atoms with E-state index in [2.05, 4.69) is 10.3 Å². The summed E-state index contributed by atoms with van der Waals surface area (Å²) in [6, 6.07) is 10.8. The van der Waals surface area contributed by atoms with Crippen LogP contribution in [0.15, 0.2) is 53.5 Å². The molecule has 0 fully saturated rings. The molecule has 0 spiro atoms. The first-order valence-corrected chi connectivity index (χ1v) is 12.1. The monoisotopic (exact) mass is 479 g/mol. The van der Waals surface area contributed by atoms with Gasteiger partial charge in [-0.2, -0.15) is 0 Å². The Morgan fingerprint density at radius 2 is 1.68 bits per heavy atom. The van der Waals surface area contributed by atoms with E-state index < -0.39 is 11.9 Å². The van der Waals surface area contributed by atoms with Gasteiger partial charge < -0.3 is 5.32 Å². The molecule has 1 aliphatic carbocycles. The van der Waals surface area contributed by atoms with Crippen LogP contribution in [0.5, 0.6) is 0 Å². The molecule has 1 unspecified atom stereocenters. The minimum atomic E-state index is -0.806. The SMILES string of the molecule is CC(C(=O)Nc1ccc(F)cc1)N1C(=O)CN=C(c2ccc(F)cc2)c2c1sc1c2CCCC1. The third-order valence-electron chi connectivity index (χ3n) is 6.25. The lowest BCUT2D eigenvalue weighted by Crippen LogP contribution is -2.46. The second kappa shape index (κ2) is 9.10. The highest BCUT2D eigenvalue weighted by atomic mass is 32.1. The van der Waals surface area contributed by atoms with E-state index in [1.165, 1.54) is 63.1 Å². The van der Waals surface area contributed by atoms with Gasteiger partial charge in [0.25, 0.3) is 0 Å². The van der Waals surface area contributed by atoms with E-state index in [1.54, 1.807) is 19.1 Å². The number of halogens is 2. The van der Waals surface area contributed by atoms with Crippen LogP contribution in [0.2, 0.25) is 0 Å². The first kappa shape index (κ1) is 22.4. The fraction of sp³-hybridized carbons (Fsp3) is 0.269. The number of nitrogens with zero attached hydrogens (tertiary/aromatic N) is 2. The lowest BCUT2D eigenvalue weighted by atomic mass is 9.91. The van der Waals surface area contributed by atoms with Gasteiger partial charge in [-0.1, -0.05) is 0 Å². The van der Waals surface area contributed by atoms with Crippen molar-refractivity contribution >= 4 is 39.6 Å². The van der Waals surface area contributed by atoms with Crippen molar-refractivity contribution in [2.45, 2.75) is 38.6 Å². The Morgan fingerprint density at radius 3 is 2.38 bits per heavy atom. The zero-order chi connectivity index (χ0) is 23.8. The van der Waals surface area contributed by atoms with Crippen LogP contribution in [0.25, 0.3) is 0 Å². The number of aliphatic imine (C=N–C) groups is 1. The van der Waals surface area contributed by atoms with Crippen LogP contribution in [-0.4, -0.2) is 30.1 Å². The van der Waals surface area contributed by atoms with E-state index in [4.69, 9.17) is 0 Å². The third-order valence-corrected chi connectivity index (χ3v) is 7.54. The first-order chi connectivity index (χ1) is 16.4. The fourth-order valence-corrected chi connectivity index (χ4v) is 6.00. The van der Waals surface area contributed by atoms with Crippen LogP contribution in [0.4, 0.5) is 19.5 Å². The highest BCUT2D eigenvalue weighted by molar-refractivity contribution is 7.17. The van der Waals surface area contributed by atoms with Crippen LogP contribution in [0.3, 0.4) is 0 Å². The Bertz CT molecular complexity index is 1280. The van der Waals surface area contributed by atoms with Gasteiger partial charge in [-0.25, -0.2) is 8.78 Å². The molecule has 2 amide bonds.